The normalized spacial score (nSPS) is 32.7. The van der Waals surface area contributed by atoms with E-state index in [1.807, 2.05) is 0 Å². The molecule has 1 unspecified atom stereocenters. The third-order valence-corrected chi connectivity index (χ3v) is 4.61. The molecule has 0 radical (unpaired) electrons. The SMILES string of the molecule is CN1CCCNCC1N1CCS(=O)CC1. The van der Waals surface area contributed by atoms with Gasteiger partial charge in [0, 0.05) is 48.5 Å². The number of nitrogens with zero attached hydrogens (tertiary/aromatic N) is 2. The molecule has 2 saturated heterocycles. The highest BCUT2D eigenvalue weighted by Crippen LogP contribution is 2.10. The maximum atomic E-state index is 11.3. The Bertz CT molecular complexity index is 227. The molecule has 0 aromatic rings. The van der Waals surface area contributed by atoms with Crippen LogP contribution in [0.4, 0.5) is 0 Å². The Hall–Kier alpha value is 0.0300. The van der Waals surface area contributed by atoms with Crippen LogP contribution in [0.2, 0.25) is 0 Å². The van der Waals surface area contributed by atoms with Gasteiger partial charge in [0.25, 0.3) is 0 Å². The van der Waals surface area contributed by atoms with E-state index in [0.29, 0.717) is 6.17 Å². The van der Waals surface area contributed by atoms with Crippen LogP contribution in [0.1, 0.15) is 6.42 Å². The van der Waals surface area contributed by atoms with Crippen molar-refractivity contribution in [3.8, 4) is 0 Å². The fourth-order valence-corrected chi connectivity index (χ4v) is 3.43. The summed E-state index contributed by atoms with van der Waals surface area (Å²) >= 11 is 0. The minimum Gasteiger partial charge on any atom is -0.314 e. The van der Waals surface area contributed by atoms with Gasteiger partial charge in [-0.3, -0.25) is 14.0 Å². The third kappa shape index (κ3) is 3.00. The van der Waals surface area contributed by atoms with E-state index >= 15 is 0 Å². The molecule has 1 N–H and O–H groups in total. The van der Waals surface area contributed by atoms with Gasteiger partial charge in [-0.15, -0.1) is 0 Å². The molecule has 0 aromatic carbocycles. The van der Waals surface area contributed by atoms with Gasteiger partial charge in [0.1, 0.15) is 0 Å². The predicted octanol–water partition coefficient (Wildman–Crippen LogP) is -0.698. The number of hydrogen-bond donors (Lipinski definition) is 1. The molecule has 88 valence electrons. The van der Waals surface area contributed by atoms with Gasteiger partial charge in [0.05, 0.1) is 6.17 Å². The molecule has 0 spiro atoms. The van der Waals surface area contributed by atoms with E-state index in [9.17, 15) is 4.21 Å². The monoisotopic (exact) mass is 231 g/mol. The lowest BCUT2D eigenvalue weighted by atomic mass is 10.3. The molecule has 0 aliphatic carbocycles. The first kappa shape index (κ1) is 11.5. The molecule has 2 aliphatic heterocycles. The van der Waals surface area contributed by atoms with Crippen LogP contribution in [0.15, 0.2) is 0 Å². The Labute approximate surface area is 94.5 Å². The van der Waals surface area contributed by atoms with Gasteiger partial charge >= 0.3 is 0 Å². The number of nitrogens with one attached hydrogen (secondary N) is 1. The summed E-state index contributed by atoms with van der Waals surface area (Å²) in [6, 6.07) is 0. The second-order valence-electron chi connectivity index (χ2n) is 4.40. The van der Waals surface area contributed by atoms with Crippen molar-refractivity contribution in [3.63, 3.8) is 0 Å². The van der Waals surface area contributed by atoms with Crippen LogP contribution in [0.3, 0.4) is 0 Å². The molecule has 0 amide bonds. The fourth-order valence-electron chi connectivity index (χ4n) is 2.35. The number of hydrogen-bond acceptors (Lipinski definition) is 4. The van der Waals surface area contributed by atoms with Gasteiger partial charge < -0.3 is 5.32 Å². The molecule has 15 heavy (non-hydrogen) atoms. The van der Waals surface area contributed by atoms with Crippen LogP contribution in [0, 0.1) is 0 Å². The first-order chi connectivity index (χ1) is 7.27. The largest absolute Gasteiger partial charge is 0.314 e. The van der Waals surface area contributed by atoms with Crippen LogP contribution in [-0.2, 0) is 10.8 Å². The van der Waals surface area contributed by atoms with E-state index in [0.717, 1.165) is 44.2 Å². The van der Waals surface area contributed by atoms with Crippen molar-refractivity contribution < 1.29 is 4.21 Å². The van der Waals surface area contributed by atoms with Crippen molar-refractivity contribution in [1.29, 1.82) is 0 Å². The van der Waals surface area contributed by atoms with Crippen LogP contribution in [0.5, 0.6) is 0 Å². The van der Waals surface area contributed by atoms with Gasteiger partial charge in [-0.1, -0.05) is 0 Å². The zero-order valence-electron chi connectivity index (χ0n) is 9.45. The van der Waals surface area contributed by atoms with Gasteiger partial charge in [0.15, 0.2) is 0 Å². The minimum absolute atomic E-state index is 0.504. The van der Waals surface area contributed by atoms with Gasteiger partial charge in [-0.25, -0.2) is 0 Å². The van der Waals surface area contributed by atoms with Crippen molar-refractivity contribution in [1.82, 2.24) is 15.1 Å². The molecule has 1 atom stereocenters. The summed E-state index contributed by atoms with van der Waals surface area (Å²) in [5.74, 6) is 1.70. The highest BCUT2D eigenvalue weighted by Gasteiger charge is 2.26. The van der Waals surface area contributed by atoms with E-state index in [4.69, 9.17) is 0 Å². The van der Waals surface area contributed by atoms with Gasteiger partial charge in [-0.05, 0) is 20.0 Å². The Kier molecular flexibility index (Phi) is 4.13. The predicted molar refractivity (Wildman–Crippen MR) is 63.4 cm³/mol. The van der Waals surface area contributed by atoms with Crippen molar-refractivity contribution in [2.24, 2.45) is 0 Å². The number of likely N-dealkylation sites (N-methyl/N-ethyl adjacent to an activating group) is 1. The van der Waals surface area contributed by atoms with E-state index in [1.54, 1.807) is 0 Å². The molecule has 4 nitrogen and oxygen atoms in total. The zero-order chi connectivity index (χ0) is 10.7. The lowest BCUT2D eigenvalue weighted by Crippen LogP contribution is -2.54. The second-order valence-corrected chi connectivity index (χ2v) is 6.10. The first-order valence-electron chi connectivity index (χ1n) is 5.77. The van der Waals surface area contributed by atoms with Crippen molar-refractivity contribution in [3.05, 3.63) is 0 Å². The van der Waals surface area contributed by atoms with Crippen LogP contribution in [-0.4, -0.2) is 71.5 Å². The molecule has 0 aromatic heterocycles. The molecule has 2 rings (SSSR count). The van der Waals surface area contributed by atoms with Crippen LogP contribution in [0.25, 0.3) is 0 Å². The maximum Gasteiger partial charge on any atom is 0.0749 e. The van der Waals surface area contributed by atoms with Gasteiger partial charge in [0.2, 0.25) is 0 Å². The summed E-state index contributed by atoms with van der Waals surface area (Å²) in [7, 11) is 1.64. The van der Waals surface area contributed by atoms with E-state index in [-0.39, 0.29) is 0 Å². The summed E-state index contributed by atoms with van der Waals surface area (Å²) < 4.78 is 11.3. The van der Waals surface area contributed by atoms with E-state index < -0.39 is 10.8 Å². The van der Waals surface area contributed by atoms with Crippen molar-refractivity contribution in [2.75, 3.05) is 51.3 Å². The highest BCUT2D eigenvalue weighted by atomic mass is 32.2. The fraction of sp³-hybridized carbons (Fsp3) is 1.00. The Morgan fingerprint density at radius 2 is 2.00 bits per heavy atom. The Balaban J connectivity index is 1.92. The minimum atomic E-state index is -0.562. The van der Waals surface area contributed by atoms with E-state index in [1.165, 1.54) is 6.42 Å². The summed E-state index contributed by atoms with van der Waals surface area (Å²) in [6.45, 7) is 5.31. The molecular weight excluding hydrogens is 210 g/mol. The molecule has 5 heteroatoms. The zero-order valence-corrected chi connectivity index (χ0v) is 10.3. The Morgan fingerprint density at radius 1 is 1.27 bits per heavy atom. The van der Waals surface area contributed by atoms with E-state index in [2.05, 4.69) is 22.2 Å². The molecule has 0 saturated carbocycles. The molecule has 2 heterocycles. The summed E-state index contributed by atoms with van der Waals surface area (Å²) in [5, 5.41) is 3.48. The molecule has 0 bridgehead atoms. The van der Waals surface area contributed by atoms with Crippen molar-refractivity contribution >= 4 is 10.8 Å². The summed E-state index contributed by atoms with van der Waals surface area (Å²) in [6.07, 6.45) is 1.73. The highest BCUT2D eigenvalue weighted by molar-refractivity contribution is 7.85. The quantitative estimate of drug-likeness (QED) is 0.647. The maximum absolute atomic E-state index is 11.3. The third-order valence-electron chi connectivity index (χ3n) is 3.33. The lowest BCUT2D eigenvalue weighted by Gasteiger charge is -2.38. The number of rotatable bonds is 1. The topological polar surface area (TPSA) is 35.6 Å². The summed E-state index contributed by atoms with van der Waals surface area (Å²) in [4.78, 5) is 4.90. The molecule has 2 fully saturated rings. The summed E-state index contributed by atoms with van der Waals surface area (Å²) in [5.41, 5.74) is 0. The lowest BCUT2D eigenvalue weighted by molar-refractivity contribution is 0.0781. The second kappa shape index (κ2) is 5.39. The standard InChI is InChI=1S/C10H21N3OS/c1-12-4-2-3-11-9-10(12)13-5-7-15(14)8-6-13/h10-11H,2-9H2,1H3. The molecular formula is C10H21N3OS. The van der Waals surface area contributed by atoms with Crippen LogP contribution < -0.4 is 5.32 Å². The molecule has 2 aliphatic rings. The van der Waals surface area contributed by atoms with Crippen molar-refractivity contribution in [2.45, 2.75) is 12.6 Å². The smallest absolute Gasteiger partial charge is 0.0749 e. The Morgan fingerprint density at radius 3 is 2.73 bits per heavy atom. The first-order valence-corrected chi connectivity index (χ1v) is 7.26. The van der Waals surface area contributed by atoms with Gasteiger partial charge in [-0.2, -0.15) is 0 Å². The average molecular weight is 231 g/mol. The van der Waals surface area contributed by atoms with Crippen LogP contribution >= 0.6 is 0 Å². The average Bonchev–Trinajstić information content (AvgIpc) is 2.44.